The van der Waals surface area contributed by atoms with Crippen molar-refractivity contribution in [3.05, 3.63) is 12.2 Å². The van der Waals surface area contributed by atoms with Crippen LogP contribution in [0.15, 0.2) is 12.2 Å². The van der Waals surface area contributed by atoms with Crippen molar-refractivity contribution in [2.75, 3.05) is 26.4 Å². The maximum Gasteiger partial charge on any atom is 0.472 e. The molecule has 1 unspecified atom stereocenters. The summed E-state index contributed by atoms with van der Waals surface area (Å²) in [7, 11) is -4.37. The van der Waals surface area contributed by atoms with Crippen molar-refractivity contribution in [2.24, 2.45) is 5.73 Å². The Labute approximate surface area is 307 Å². The quantitative estimate of drug-likeness (QED) is 0.0274. The lowest BCUT2D eigenvalue weighted by Gasteiger charge is -2.19. The summed E-state index contributed by atoms with van der Waals surface area (Å²) in [4.78, 5) is 34.8. The Hall–Kier alpha value is -1.25. The molecule has 0 saturated carbocycles. The van der Waals surface area contributed by atoms with Crippen LogP contribution < -0.4 is 5.73 Å². The summed E-state index contributed by atoms with van der Waals surface area (Å²) in [6.07, 6.45) is 36.6. The van der Waals surface area contributed by atoms with Crippen molar-refractivity contribution in [3.63, 3.8) is 0 Å². The van der Waals surface area contributed by atoms with Crippen LogP contribution in [0, 0.1) is 0 Å². The zero-order chi connectivity index (χ0) is 36.8. The van der Waals surface area contributed by atoms with Gasteiger partial charge in [0.1, 0.15) is 6.61 Å². The molecular weight excluding hydrogens is 653 g/mol. The van der Waals surface area contributed by atoms with Crippen LogP contribution in [-0.2, 0) is 32.7 Å². The maximum atomic E-state index is 12.5. The lowest BCUT2D eigenvalue weighted by Crippen LogP contribution is -2.29. The largest absolute Gasteiger partial charge is 0.472 e. The molecule has 0 aliphatic carbocycles. The fourth-order valence-electron chi connectivity index (χ4n) is 5.81. The molecule has 0 bridgehead atoms. The third kappa shape index (κ3) is 36.5. The number of unbranched alkanes of at least 4 members (excludes halogenated alkanes) is 24. The Morgan fingerprint density at radius 1 is 0.580 bits per heavy atom. The number of esters is 2. The Morgan fingerprint density at radius 3 is 1.44 bits per heavy atom. The average molecular weight is 732 g/mol. The minimum Gasteiger partial charge on any atom is -0.462 e. The van der Waals surface area contributed by atoms with Crippen LogP contribution >= 0.6 is 7.82 Å². The number of carbonyl (C=O) groups excluding carboxylic acids is 2. The van der Waals surface area contributed by atoms with Gasteiger partial charge in [0.05, 0.1) is 13.2 Å². The molecule has 0 aliphatic rings. The summed E-state index contributed by atoms with van der Waals surface area (Å²) in [6, 6.07) is 0. The molecule has 0 spiro atoms. The van der Waals surface area contributed by atoms with Crippen LogP contribution in [0.2, 0.25) is 0 Å². The molecule has 0 radical (unpaired) electrons. The van der Waals surface area contributed by atoms with Gasteiger partial charge >= 0.3 is 19.8 Å². The van der Waals surface area contributed by atoms with Gasteiger partial charge in [0.15, 0.2) is 6.10 Å². The number of hydrogen-bond acceptors (Lipinski definition) is 8. The van der Waals surface area contributed by atoms with E-state index >= 15 is 0 Å². The molecule has 0 aromatic rings. The summed E-state index contributed by atoms with van der Waals surface area (Å²) in [5.41, 5.74) is 5.34. The number of phosphoric acid groups is 1. The minimum absolute atomic E-state index is 0.0550. The molecule has 3 N–H and O–H groups in total. The van der Waals surface area contributed by atoms with Crippen LogP contribution in [0.25, 0.3) is 0 Å². The van der Waals surface area contributed by atoms with E-state index in [4.69, 9.17) is 24.3 Å². The molecule has 0 fully saturated rings. The summed E-state index contributed by atoms with van der Waals surface area (Å²) < 4.78 is 32.7. The number of nitrogens with two attached hydrogens (primary N) is 1. The topological polar surface area (TPSA) is 134 Å². The standard InChI is InChI=1S/C40H78NO8P/c1-3-5-7-9-11-13-15-17-18-19-21-23-25-27-29-31-33-40(43)49-38(37-48-50(44,45)47-35-34-41)36-46-39(42)32-30-28-26-24-22-20-16-14-12-10-8-6-4-2/h14,16,38H,3-13,15,17-37,41H2,1-2H3,(H,44,45)/b16-14+/t38-/m1/s1. The molecule has 0 aliphatic heterocycles. The molecular formula is C40H78NO8P. The second kappa shape index (κ2) is 37.5. The summed E-state index contributed by atoms with van der Waals surface area (Å²) >= 11 is 0. The molecule has 0 rings (SSSR count). The van der Waals surface area contributed by atoms with E-state index in [-0.39, 0.29) is 38.6 Å². The Kier molecular flexibility index (Phi) is 36.6. The van der Waals surface area contributed by atoms with Crippen molar-refractivity contribution in [2.45, 2.75) is 206 Å². The number of carbonyl (C=O) groups is 2. The fourth-order valence-corrected chi connectivity index (χ4v) is 6.57. The van der Waals surface area contributed by atoms with Crippen LogP contribution in [0.4, 0.5) is 0 Å². The Balaban J connectivity index is 4.16. The average Bonchev–Trinajstić information content (AvgIpc) is 3.10. The van der Waals surface area contributed by atoms with Crippen molar-refractivity contribution in [3.8, 4) is 0 Å². The molecule has 0 amide bonds. The molecule has 0 saturated heterocycles. The Morgan fingerprint density at radius 2 is 0.980 bits per heavy atom. The molecule has 2 atom stereocenters. The van der Waals surface area contributed by atoms with Crippen molar-refractivity contribution in [1.29, 1.82) is 0 Å². The number of phosphoric ester groups is 1. The lowest BCUT2D eigenvalue weighted by molar-refractivity contribution is -0.161. The molecule has 0 aromatic heterocycles. The normalized spacial score (nSPS) is 13.4. The summed E-state index contributed by atoms with van der Waals surface area (Å²) in [6.45, 7) is 3.72. The predicted octanol–water partition coefficient (Wildman–Crippen LogP) is 11.4. The summed E-state index contributed by atoms with van der Waals surface area (Å²) in [5.74, 6) is -0.830. The highest BCUT2D eigenvalue weighted by Gasteiger charge is 2.26. The highest BCUT2D eigenvalue weighted by Crippen LogP contribution is 2.43. The van der Waals surface area contributed by atoms with Gasteiger partial charge < -0.3 is 20.1 Å². The second-order valence-electron chi connectivity index (χ2n) is 13.9. The first-order chi connectivity index (χ1) is 24.3. The first-order valence-electron chi connectivity index (χ1n) is 20.7. The van der Waals surface area contributed by atoms with Gasteiger partial charge in [-0.3, -0.25) is 18.6 Å². The molecule has 0 aromatic carbocycles. The van der Waals surface area contributed by atoms with Gasteiger partial charge in [-0.1, -0.05) is 161 Å². The predicted molar refractivity (Wildman–Crippen MR) is 206 cm³/mol. The second-order valence-corrected chi connectivity index (χ2v) is 15.3. The van der Waals surface area contributed by atoms with Crippen LogP contribution in [0.3, 0.4) is 0 Å². The van der Waals surface area contributed by atoms with Crippen LogP contribution in [0.5, 0.6) is 0 Å². The zero-order valence-corrected chi connectivity index (χ0v) is 33.3. The van der Waals surface area contributed by atoms with E-state index in [9.17, 15) is 19.0 Å². The molecule has 0 heterocycles. The number of ether oxygens (including phenoxy) is 2. The monoisotopic (exact) mass is 732 g/mol. The van der Waals surface area contributed by atoms with Gasteiger partial charge in [-0.15, -0.1) is 0 Å². The van der Waals surface area contributed by atoms with Gasteiger partial charge in [0, 0.05) is 19.4 Å². The third-order valence-corrected chi connectivity index (χ3v) is 9.89. The van der Waals surface area contributed by atoms with Gasteiger partial charge in [-0.25, -0.2) is 4.57 Å². The van der Waals surface area contributed by atoms with E-state index < -0.39 is 26.5 Å². The highest BCUT2D eigenvalue weighted by molar-refractivity contribution is 7.47. The van der Waals surface area contributed by atoms with Crippen molar-refractivity contribution in [1.82, 2.24) is 0 Å². The van der Waals surface area contributed by atoms with Gasteiger partial charge in [0.25, 0.3) is 0 Å². The highest BCUT2D eigenvalue weighted by atomic mass is 31.2. The van der Waals surface area contributed by atoms with E-state index in [2.05, 4.69) is 26.0 Å². The van der Waals surface area contributed by atoms with E-state index in [1.54, 1.807) is 0 Å². The first-order valence-corrected chi connectivity index (χ1v) is 22.2. The number of allylic oxidation sites excluding steroid dienone is 2. The third-order valence-electron chi connectivity index (χ3n) is 8.90. The van der Waals surface area contributed by atoms with Crippen molar-refractivity contribution >= 4 is 19.8 Å². The lowest BCUT2D eigenvalue weighted by atomic mass is 10.0. The zero-order valence-electron chi connectivity index (χ0n) is 32.4. The minimum atomic E-state index is -4.37. The fraction of sp³-hybridized carbons (Fsp3) is 0.900. The van der Waals surface area contributed by atoms with Crippen molar-refractivity contribution < 1.29 is 37.6 Å². The maximum absolute atomic E-state index is 12.5. The van der Waals surface area contributed by atoms with Gasteiger partial charge in [0.2, 0.25) is 0 Å². The van der Waals surface area contributed by atoms with Crippen LogP contribution in [-0.4, -0.2) is 49.3 Å². The molecule has 10 heteroatoms. The number of rotatable bonds is 39. The number of hydrogen-bond donors (Lipinski definition) is 2. The van der Waals surface area contributed by atoms with E-state index in [1.165, 1.54) is 116 Å². The van der Waals surface area contributed by atoms with E-state index in [0.717, 1.165) is 51.4 Å². The smallest absolute Gasteiger partial charge is 0.462 e. The molecule has 296 valence electrons. The van der Waals surface area contributed by atoms with Gasteiger partial charge in [-0.2, -0.15) is 0 Å². The van der Waals surface area contributed by atoms with E-state index in [0.29, 0.717) is 6.42 Å². The van der Waals surface area contributed by atoms with E-state index in [1.807, 2.05) is 0 Å². The Bertz CT molecular complexity index is 840. The molecule has 50 heavy (non-hydrogen) atoms. The molecule has 9 nitrogen and oxygen atoms in total. The summed E-state index contributed by atoms with van der Waals surface area (Å²) in [5, 5.41) is 0. The first kappa shape index (κ1) is 48.8. The van der Waals surface area contributed by atoms with Crippen LogP contribution in [0.1, 0.15) is 200 Å². The van der Waals surface area contributed by atoms with Gasteiger partial charge in [-0.05, 0) is 38.5 Å². The SMILES string of the molecule is CCCCCC/C=C/CCCCCCCC(=O)OC[C@H](COP(=O)(O)OCCN)OC(=O)CCCCCCCCCCCCCCCCCC.